The highest BCUT2D eigenvalue weighted by Gasteiger charge is 2.18. The van der Waals surface area contributed by atoms with Gasteiger partial charge in [-0.1, -0.05) is 32.9 Å². The first-order chi connectivity index (χ1) is 13.4. The Kier molecular flexibility index (Phi) is 5.54. The van der Waals surface area contributed by atoms with Gasteiger partial charge in [0.15, 0.2) is 0 Å². The summed E-state index contributed by atoms with van der Waals surface area (Å²) in [4.78, 5) is 26.5. The molecule has 0 aliphatic carbocycles. The summed E-state index contributed by atoms with van der Waals surface area (Å²) in [7, 11) is 0. The molecule has 2 aromatic heterocycles. The van der Waals surface area contributed by atoms with Crippen molar-refractivity contribution < 1.29 is 9.59 Å². The molecule has 7 heteroatoms. The van der Waals surface area contributed by atoms with Crippen LogP contribution in [0.2, 0.25) is 0 Å². The number of aromatic nitrogens is 2. The van der Waals surface area contributed by atoms with Crippen molar-refractivity contribution >= 4 is 39.2 Å². The fourth-order valence-corrected chi connectivity index (χ4v) is 3.96. The maximum atomic E-state index is 12.6. The SMILES string of the molecule is CC(C)(C)NC(=O)Cc1cc2c(NC(=O)c3ccc(C(C)(C)C)cc3)[nH]nc2s1. The van der Waals surface area contributed by atoms with Gasteiger partial charge in [-0.2, -0.15) is 5.10 Å². The van der Waals surface area contributed by atoms with Gasteiger partial charge in [-0.15, -0.1) is 11.3 Å². The molecule has 0 aliphatic heterocycles. The van der Waals surface area contributed by atoms with E-state index < -0.39 is 0 Å². The van der Waals surface area contributed by atoms with Crippen LogP contribution in [-0.4, -0.2) is 27.6 Å². The number of amides is 2. The molecule has 0 aliphatic rings. The Labute approximate surface area is 175 Å². The Morgan fingerprint density at radius 3 is 2.31 bits per heavy atom. The van der Waals surface area contributed by atoms with Gasteiger partial charge in [0.25, 0.3) is 5.91 Å². The molecule has 0 fully saturated rings. The summed E-state index contributed by atoms with van der Waals surface area (Å²) in [6.45, 7) is 12.3. The van der Waals surface area contributed by atoms with E-state index in [0.29, 0.717) is 17.8 Å². The zero-order chi connectivity index (χ0) is 21.4. The van der Waals surface area contributed by atoms with Crippen molar-refractivity contribution in [3.63, 3.8) is 0 Å². The first-order valence-electron chi connectivity index (χ1n) is 9.62. The van der Waals surface area contributed by atoms with Gasteiger partial charge in [-0.05, 0) is 49.9 Å². The van der Waals surface area contributed by atoms with Crippen LogP contribution < -0.4 is 10.6 Å². The number of fused-ring (bicyclic) bond motifs is 1. The molecule has 0 radical (unpaired) electrons. The van der Waals surface area contributed by atoms with Crippen LogP contribution in [0.1, 0.15) is 62.3 Å². The van der Waals surface area contributed by atoms with Crippen LogP contribution in [0, 0.1) is 0 Å². The monoisotopic (exact) mass is 412 g/mol. The van der Waals surface area contributed by atoms with Gasteiger partial charge in [0.2, 0.25) is 5.91 Å². The fraction of sp³-hybridized carbons (Fsp3) is 0.409. The number of anilines is 1. The van der Waals surface area contributed by atoms with E-state index in [1.54, 1.807) is 0 Å². The predicted molar refractivity (Wildman–Crippen MR) is 119 cm³/mol. The first-order valence-corrected chi connectivity index (χ1v) is 10.4. The quantitative estimate of drug-likeness (QED) is 0.584. The molecule has 3 aromatic rings. The van der Waals surface area contributed by atoms with E-state index in [1.807, 2.05) is 51.1 Å². The van der Waals surface area contributed by atoms with Gasteiger partial charge in [0.1, 0.15) is 10.6 Å². The van der Waals surface area contributed by atoms with Gasteiger partial charge in [-0.25, -0.2) is 0 Å². The lowest BCUT2D eigenvalue weighted by Crippen LogP contribution is -2.41. The third-order valence-corrected chi connectivity index (χ3v) is 5.43. The van der Waals surface area contributed by atoms with Gasteiger partial charge in [-0.3, -0.25) is 14.7 Å². The van der Waals surface area contributed by atoms with E-state index in [1.165, 1.54) is 16.9 Å². The molecule has 3 rings (SSSR count). The fourth-order valence-electron chi connectivity index (χ4n) is 2.97. The number of hydrogen-bond donors (Lipinski definition) is 3. The summed E-state index contributed by atoms with van der Waals surface area (Å²) in [5.41, 5.74) is 1.53. The van der Waals surface area contributed by atoms with Crippen molar-refractivity contribution in [3.05, 3.63) is 46.3 Å². The molecule has 154 valence electrons. The number of H-pyrrole nitrogens is 1. The second kappa shape index (κ2) is 7.63. The largest absolute Gasteiger partial charge is 0.351 e. The average Bonchev–Trinajstić information content (AvgIpc) is 3.13. The molecule has 0 saturated heterocycles. The Balaban J connectivity index is 1.73. The predicted octanol–water partition coefficient (Wildman–Crippen LogP) is 4.63. The maximum absolute atomic E-state index is 12.6. The average molecular weight is 413 g/mol. The van der Waals surface area contributed by atoms with Crippen LogP contribution in [0.15, 0.2) is 30.3 Å². The number of thiophene rings is 1. The Morgan fingerprint density at radius 2 is 1.72 bits per heavy atom. The number of carbonyl (C=O) groups is 2. The molecule has 3 N–H and O–H groups in total. The second-order valence-electron chi connectivity index (χ2n) is 9.29. The minimum atomic E-state index is -0.267. The highest BCUT2D eigenvalue weighted by atomic mass is 32.1. The number of nitrogens with one attached hydrogen (secondary N) is 3. The van der Waals surface area contributed by atoms with E-state index in [9.17, 15) is 9.59 Å². The topological polar surface area (TPSA) is 86.9 Å². The number of nitrogens with zero attached hydrogens (tertiary/aromatic N) is 1. The van der Waals surface area contributed by atoms with Crippen LogP contribution in [0.25, 0.3) is 10.2 Å². The molecule has 0 bridgehead atoms. The van der Waals surface area contributed by atoms with E-state index in [0.717, 1.165) is 15.1 Å². The lowest BCUT2D eigenvalue weighted by Gasteiger charge is -2.20. The molecule has 0 spiro atoms. The van der Waals surface area contributed by atoms with Crippen molar-refractivity contribution in [3.8, 4) is 0 Å². The summed E-state index contributed by atoms with van der Waals surface area (Å²) in [6, 6.07) is 9.53. The lowest BCUT2D eigenvalue weighted by atomic mass is 9.87. The molecule has 0 saturated carbocycles. The number of benzene rings is 1. The summed E-state index contributed by atoms with van der Waals surface area (Å²) in [5, 5.41) is 13.8. The summed E-state index contributed by atoms with van der Waals surface area (Å²) >= 11 is 1.45. The van der Waals surface area contributed by atoms with Crippen molar-refractivity contribution in [2.75, 3.05) is 5.32 Å². The number of aromatic amines is 1. The van der Waals surface area contributed by atoms with Crippen LogP contribution in [-0.2, 0) is 16.6 Å². The molecular weight excluding hydrogens is 384 g/mol. The lowest BCUT2D eigenvalue weighted by molar-refractivity contribution is -0.121. The van der Waals surface area contributed by atoms with E-state index >= 15 is 0 Å². The Bertz CT molecular complexity index is 1030. The zero-order valence-corrected chi connectivity index (χ0v) is 18.6. The number of hydrogen-bond acceptors (Lipinski definition) is 4. The Hall–Kier alpha value is -2.67. The third-order valence-electron chi connectivity index (χ3n) is 4.40. The minimum absolute atomic E-state index is 0.0325. The third kappa shape index (κ3) is 5.23. The van der Waals surface area contributed by atoms with Gasteiger partial charge >= 0.3 is 0 Å². The molecule has 0 unspecified atom stereocenters. The van der Waals surface area contributed by atoms with Crippen LogP contribution in [0.4, 0.5) is 5.82 Å². The van der Waals surface area contributed by atoms with Gasteiger partial charge in [0, 0.05) is 16.0 Å². The maximum Gasteiger partial charge on any atom is 0.256 e. The molecule has 2 amide bonds. The Morgan fingerprint density at radius 1 is 1.07 bits per heavy atom. The highest BCUT2D eigenvalue weighted by Crippen LogP contribution is 2.30. The number of carbonyl (C=O) groups excluding carboxylic acids is 2. The molecule has 2 heterocycles. The van der Waals surface area contributed by atoms with Crippen molar-refractivity contribution in [1.29, 1.82) is 0 Å². The minimum Gasteiger partial charge on any atom is -0.351 e. The van der Waals surface area contributed by atoms with Crippen LogP contribution in [0.3, 0.4) is 0 Å². The van der Waals surface area contributed by atoms with E-state index in [-0.39, 0.29) is 22.8 Å². The van der Waals surface area contributed by atoms with Crippen molar-refractivity contribution in [2.45, 2.75) is 58.9 Å². The normalized spacial score (nSPS) is 12.2. The van der Waals surface area contributed by atoms with Gasteiger partial charge in [0.05, 0.1) is 11.8 Å². The zero-order valence-electron chi connectivity index (χ0n) is 17.8. The van der Waals surface area contributed by atoms with Gasteiger partial charge < -0.3 is 10.6 Å². The second-order valence-corrected chi connectivity index (χ2v) is 10.4. The van der Waals surface area contributed by atoms with E-state index in [4.69, 9.17) is 0 Å². The summed E-state index contributed by atoms with van der Waals surface area (Å²) in [6.07, 6.45) is 0.292. The number of rotatable bonds is 4. The van der Waals surface area contributed by atoms with E-state index in [2.05, 4.69) is 41.6 Å². The van der Waals surface area contributed by atoms with Crippen LogP contribution >= 0.6 is 11.3 Å². The summed E-state index contributed by atoms with van der Waals surface area (Å²) < 4.78 is 0. The molecule has 29 heavy (non-hydrogen) atoms. The first kappa shape index (κ1) is 21.0. The standard InChI is InChI=1S/C22H28N4O2S/c1-21(2,3)14-9-7-13(8-10-14)19(28)23-18-16-11-15(29-20(16)26-25-18)12-17(27)24-22(4,5)6/h7-11H,12H2,1-6H3,(H,24,27)(H2,23,25,26,28). The summed E-state index contributed by atoms with van der Waals surface area (Å²) in [5.74, 6) is 0.313. The van der Waals surface area contributed by atoms with Crippen LogP contribution in [0.5, 0.6) is 0 Å². The molecular formula is C22H28N4O2S. The van der Waals surface area contributed by atoms with Crippen molar-refractivity contribution in [1.82, 2.24) is 15.5 Å². The smallest absolute Gasteiger partial charge is 0.256 e. The van der Waals surface area contributed by atoms with Crippen molar-refractivity contribution in [2.24, 2.45) is 0 Å². The molecule has 1 aromatic carbocycles. The molecule has 6 nitrogen and oxygen atoms in total. The molecule has 0 atom stereocenters. The highest BCUT2D eigenvalue weighted by molar-refractivity contribution is 7.18.